The number of halogens is 1. The summed E-state index contributed by atoms with van der Waals surface area (Å²) in [6.07, 6.45) is 0. The first-order valence-electron chi connectivity index (χ1n) is 5.09. The number of nitriles is 1. The lowest BCUT2D eigenvalue weighted by Crippen LogP contribution is -2.21. The van der Waals surface area contributed by atoms with Crippen LogP contribution < -0.4 is 15.9 Å². The van der Waals surface area contributed by atoms with Gasteiger partial charge in [0.15, 0.2) is 5.84 Å². The molecule has 6 nitrogen and oxygen atoms in total. The lowest BCUT2D eigenvalue weighted by molar-refractivity contribution is 0.341. The molecule has 0 atom stereocenters. The molecule has 1 rings (SSSR count). The largest absolute Gasteiger partial charge is 0.492 e. The fourth-order valence-electron chi connectivity index (χ4n) is 1.13. The Kier molecular flexibility index (Phi) is 4.63. The standard InChI is InChI=1S/C11H12FN5O/c1-2-18-10-4-3-7(12)5-8(10)16-17-9(6-13)11(14)15/h3-5,16H,2H2,1H3,(H3,14,15)/b17-9+. The van der Waals surface area contributed by atoms with Gasteiger partial charge in [-0.2, -0.15) is 10.4 Å². The molecule has 0 radical (unpaired) electrons. The molecule has 94 valence electrons. The molecule has 1 aromatic rings. The summed E-state index contributed by atoms with van der Waals surface area (Å²) in [5.41, 5.74) is 7.54. The van der Waals surface area contributed by atoms with Crippen LogP contribution in [-0.2, 0) is 0 Å². The van der Waals surface area contributed by atoms with Gasteiger partial charge in [-0.3, -0.25) is 10.8 Å². The van der Waals surface area contributed by atoms with Crippen LogP contribution in [0, 0.1) is 22.6 Å². The van der Waals surface area contributed by atoms with Crippen molar-refractivity contribution in [2.45, 2.75) is 6.92 Å². The highest BCUT2D eigenvalue weighted by Gasteiger charge is 2.06. The first-order chi connectivity index (χ1) is 8.58. The zero-order valence-corrected chi connectivity index (χ0v) is 9.70. The van der Waals surface area contributed by atoms with Crippen LogP contribution in [-0.4, -0.2) is 18.2 Å². The van der Waals surface area contributed by atoms with Crippen LogP contribution in [0.1, 0.15) is 6.92 Å². The number of nitrogens with one attached hydrogen (secondary N) is 2. The molecule has 0 saturated carbocycles. The lowest BCUT2D eigenvalue weighted by Gasteiger charge is -2.09. The van der Waals surface area contributed by atoms with Crippen molar-refractivity contribution in [1.82, 2.24) is 0 Å². The van der Waals surface area contributed by atoms with E-state index in [1.165, 1.54) is 18.2 Å². The van der Waals surface area contributed by atoms with Crippen LogP contribution in [0.15, 0.2) is 23.3 Å². The summed E-state index contributed by atoms with van der Waals surface area (Å²) in [5.74, 6) is -0.555. The number of hydrogen-bond donors (Lipinski definition) is 3. The molecule has 0 spiro atoms. The Bertz CT molecular complexity index is 521. The Morgan fingerprint density at radius 1 is 1.67 bits per heavy atom. The van der Waals surface area contributed by atoms with Crippen LogP contribution in [0.4, 0.5) is 10.1 Å². The number of nitrogens with zero attached hydrogens (tertiary/aromatic N) is 2. The third-order valence-corrected chi connectivity index (χ3v) is 1.89. The molecular weight excluding hydrogens is 237 g/mol. The highest BCUT2D eigenvalue weighted by atomic mass is 19.1. The van der Waals surface area contributed by atoms with Gasteiger partial charge in [0.2, 0.25) is 5.71 Å². The molecule has 0 amide bonds. The molecule has 0 aromatic heterocycles. The monoisotopic (exact) mass is 249 g/mol. The van der Waals surface area contributed by atoms with Gasteiger partial charge in [0.1, 0.15) is 23.3 Å². The van der Waals surface area contributed by atoms with Crippen molar-refractivity contribution in [3.05, 3.63) is 24.0 Å². The van der Waals surface area contributed by atoms with Crippen molar-refractivity contribution < 1.29 is 9.13 Å². The van der Waals surface area contributed by atoms with E-state index in [1.54, 1.807) is 13.0 Å². The number of hydrazone groups is 1. The predicted octanol–water partition coefficient (Wildman–Crippen LogP) is 1.45. The quantitative estimate of drug-likeness (QED) is 0.417. The zero-order chi connectivity index (χ0) is 13.5. The van der Waals surface area contributed by atoms with Crippen molar-refractivity contribution in [3.8, 4) is 11.8 Å². The average molecular weight is 249 g/mol. The molecule has 0 saturated heterocycles. The Morgan fingerprint density at radius 3 is 2.94 bits per heavy atom. The first-order valence-corrected chi connectivity index (χ1v) is 5.09. The van der Waals surface area contributed by atoms with Crippen molar-refractivity contribution in [3.63, 3.8) is 0 Å². The lowest BCUT2D eigenvalue weighted by atomic mass is 10.3. The molecule has 1 aromatic carbocycles. The van der Waals surface area contributed by atoms with Gasteiger partial charge in [-0.15, -0.1) is 0 Å². The van der Waals surface area contributed by atoms with Gasteiger partial charge in [-0.1, -0.05) is 0 Å². The van der Waals surface area contributed by atoms with Crippen molar-refractivity contribution in [1.29, 1.82) is 10.7 Å². The molecule has 4 N–H and O–H groups in total. The summed E-state index contributed by atoms with van der Waals surface area (Å²) in [7, 11) is 0. The average Bonchev–Trinajstić information content (AvgIpc) is 2.33. The topological polar surface area (TPSA) is 107 Å². The van der Waals surface area contributed by atoms with Crippen LogP contribution in [0.5, 0.6) is 5.75 Å². The third kappa shape index (κ3) is 3.45. The van der Waals surface area contributed by atoms with Gasteiger partial charge in [-0.05, 0) is 19.1 Å². The summed E-state index contributed by atoms with van der Waals surface area (Å²) in [5, 5.41) is 19.3. The van der Waals surface area contributed by atoms with Gasteiger partial charge in [0.05, 0.1) is 6.61 Å². The molecule has 0 fully saturated rings. The maximum Gasteiger partial charge on any atom is 0.201 e. The number of benzene rings is 1. The van der Waals surface area contributed by atoms with E-state index in [0.29, 0.717) is 12.4 Å². The van der Waals surface area contributed by atoms with E-state index in [4.69, 9.17) is 21.1 Å². The van der Waals surface area contributed by atoms with Gasteiger partial charge >= 0.3 is 0 Å². The molecule has 0 aliphatic rings. The fourth-order valence-corrected chi connectivity index (χ4v) is 1.13. The Balaban J connectivity index is 2.99. The van der Waals surface area contributed by atoms with E-state index in [9.17, 15) is 4.39 Å². The second-order valence-corrected chi connectivity index (χ2v) is 3.17. The highest BCUT2D eigenvalue weighted by Crippen LogP contribution is 2.25. The summed E-state index contributed by atoms with van der Waals surface area (Å²) >= 11 is 0. The van der Waals surface area contributed by atoms with E-state index < -0.39 is 11.7 Å². The smallest absolute Gasteiger partial charge is 0.201 e. The van der Waals surface area contributed by atoms with Gasteiger partial charge < -0.3 is 10.5 Å². The first kappa shape index (κ1) is 13.4. The van der Waals surface area contributed by atoms with E-state index in [0.717, 1.165) is 0 Å². The number of nitrogens with two attached hydrogens (primary N) is 1. The minimum atomic E-state index is -0.475. The minimum absolute atomic E-state index is 0.255. The summed E-state index contributed by atoms with van der Waals surface area (Å²) in [6, 6.07) is 5.50. The molecule has 7 heteroatoms. The summed E-state index contributed by atoms with van der Waals surface area (Å²) in [4.78, 5) is 0. The van der Waals surface area contributed by atoms with Crippen LogP contribution >= 0.6 is 0 Å². The van der Waals surface area contributed by atoms with E-state index in [-0.39, 0.29) is 11.4 Å². The number of hydrogen-bond acceptors (Lipinski definition) is 5. The van der Waals surface area contributed by atoms with Gasteiger partial charge in [-0.25, -0.2) is 4.39 Å². The highest BCUT2D eigenvalue weighted by molar-refractivity contribution is 6.45. The number of amidine groups is 1. The fraction of sp³-hybridized carbons (Fsp3) is 0.182. The van der Waals surface area contributed by atoms with Gasteiger partial charge in [0.25, 0.3) is 0 Å². The molecule has 0 bridgehead atoms. The maximum atomic E-state index is 13.1. The van der Waals surface area contributed by atoms with E-state index in [1.807, 2.05) is 0 Å². The summed E-state index contributed by atoms with van der Waals surface area (Å²) in [6.45, 7) is 2.19. The molecule has 0 aliphatic heterocycles. The SMILES string of the molecule is CCOc1ccc(F)cc1N/N=C(\C#N)C(=N)N. The zero-order valence-electron chi connectivity index (χ0n) is 9.70. The van der Waals surface area contributed by atoms with E-state index in [2.05, 4.69) is 10.5 Å². The summed E-state index contributed by atoms with van der Waals surface area (Å²) < 4.78 is 18.3. The Hall–Kier alpha value is -2.62. The molecule has 0 unspecified atom stereocenters. The van der Waals surface area contributed by atoms with Crippen LogP contribution in [0.3, 0.4) is 0 Å². The maximum absolute atomic E-state index is 13.1. The molecule has 18 heavy (non-hydrogen) atoms. The molecule has 0 aliphatic carbocycles. The minimum Gasteiger partial charge on any atom is -0.492 e. The molecular formula is C11H12FN5O. The van der Waals surface area contributed by atoms with Crippen molar-refractivity contribution in [2.75, 3.05) is 12.0 Å². The van der Waals surface area contributed by atoms with Crippen LogP contribution in [0.2, 0.25) is 0 Å². The number of anilines is 1. The molecule has 0 heterocycles. The Labute approximate surface area is 103 Å². The Morgan fingerprint density at radius 2 is 2.39 bits per heavy atom. The van der Waals surface area contributed by atoms with E-state index >= 15 is 0 Å². The van der Waals surface area contributed by atoms with Gasteiger partial charge in [0, 0.05) is 6.07 Å². The second-order valence-electron chi connectivity index (χ2n) is 3.17. The number of rotatable bonds is 5. The van der Waals surface area contributed by atoms with Crippen molar-refractivity contribution >= 4 is 17.2 Å². The van der Waals surface area contributed by atoms with Crippen molar-refractivity contribution in [2.24, 2.45) is 10.8 Å². The normalized spacial score (nSPS) is 10.6. The second kappa shape index (κ2) is 6.20. The predicted molar refractivity (Wildman–Crippen MR) is 66.2 cm³/mol. The van der Waals surface area contributed by atoms with Crippen LogP contribution in [0.25, 0.3) is 0 Å². The third-order valence-electron chi connectivity index (χ3n) is 1.89. The number of ether oxygens (including phenoxy) is 1.